The monoisotopic (exact) mass is 490 g/mol. The highest BCUT2D eigenvalue weighted by atomic mass is 16.5. The highest BCUT2D eigenvalue weighted by Gasteiger charge is 2.27. The lowest BCUT2D eigenvalue weighted by Gasteiger charge is -2.33. The lowest BCUT2D eigenvalue weighted by molar-refractivity contribution is 0.234. The van der Waals surface area contributed by atoms with Crippen molar-refractivity contribution in [1.29, 1.82) is 0 Å². The Bertz CT molecular complexity index is 1190. The van der Waals surface area contributed by atoms with Gasteiger partial charge in [-0.2, -0.15) is 4.98 Å². The molecule has 0 unspecified atom stereocenters. The van der Waals surface area contributed by atoms with E-state index in [0.717, 1.165) is 73.3 Å². The summed E-state index contributed by atoms with van der Waals surface area (Å²) in [6, 6.07) is 13.1. The number of hydrogen-bond donors (Lipinski definition) is 1. The van der Waals surface area contributed by atoms with Crippen LogP contribution < -0.4 is 19.1 Å². The van der Waals surface area contributed by atoms with Crippen LogP contribution in [0.4, 0.5) is 5.95 Å². The fourth-order valence-electron chi connectivity index (χ4n) is 4.85. The predicted molar refractivity (Wildman–Crippen MR) is 138 cm³/mol. The van der Waals surface area contributed by atoms with E-state index in [1.54, 1.807) is 20.3 Å². The van der Waals surface area contributed by atoms with Gasteiger partial charge in [-0.25, -0.2) is 4.98 Å². The van der Waals surface area contributed by atoms with Crippen molar-refractivity contribution in [2.75, 3.05) is 38.8 Å². The van der Waals surface area contributed by atoms with Gasteiger partial charge in [0.15, 0.2) is 11.5 Å². The second-order valence-electron chi connectivity index (χ2n) is 9.63. The number of aromatic hydroxyl groups is 1. The minimum atomic E-state index is 0.187. The summed E-state index contributed by atoms with van der Waals surface area (Å²) in [5, 5.41) is 10.6. The zero-order valence-corrected chi connectivity index (χ0v) is 21.2. The van der Waals surface area contributed by atoms with Crippen LogP contribution in [0.1, 0.15) is 36.6 Å². The molecule has 2 aliphatic heterocycles. The van der Waals surface area contributed by atoms with Crippen molar-refractivity contribution in [2.24, 2.45) is 5.92 Å². The molecule has 5 rings (SSSR count). The normalized spacial score (nSPS) is 16.5. The number of methoxy groups -OCH3 is 2. The van der Waals surface area contributed by atoms with E-state index in [1.165, 1.54) is 0 Å². The summed E-state index contributed by atoms with van der Waals surface area (Å²) in [7, 11) is 3.22. The summed E-state index contributed by atoms with van der Waals surface area (Å²) in [5.41, 5.74) is 2.86. The van der Waals surface area contributed by atoms with Crippen molar-refractivity contribution in [1.82, 2.24) is 14.9 Å². The summed E-state index contributed by atoms with van der Waals surface area (Å²) < 4.78 is 16.9. The molecular weight excluding hydrogens is 456 g/mol. The Kier molecular flexibility index (Phi) is 7.13. The maximum Gasteiger partial charge on any atom is 0.228 e. The summed E-state index contributed by atoms with van der Waals surface area (Å²) in [6.07, 6.45) is 3.08. The standard InChI is InChI=1S/C28H34N4O4/c1-19-11-15-32(16-12-19)28-29-24-13-14-31(17-20-5-4-6-25(35-3)26(20)33)18-23(24)27(30-28)36-22-9-7-21(34-2)8-10-22/h4-10,19,33H,11-18H2,1-3H3. The number of hydrogen-bond acceptors (Lipinski definition) is 8. The number of ether oxygens (including phenoxy) is 3. The highest BCUT2D eigenvalue weighted by Crippen LogP contribution is 2.35. The molecule has 3 heterocycles. The van der Waals surface area contributed by atoms with Crippen molar-refractivity contribution < 1.29 is 19.3 Å². The Morgan fingerprint density at radius 2 is 1.69 bits per heavy atom. The lowest BCUT2D eigenvalue weighted by atomic mass is 9.99. The fraction of sp³-hybridized carbons (Fsp3) is 0.429. The molecule has 0 aliphatic carbocycles. The van der Waals surface area contributed by atoms with Crippen LogP contribution in [-0.2, 0) is 19.5 Å². The maximum atomic E-state index is 10.6. The molecule has 2 aliphatic rings. The largest absolute Gasteiger partial charge is 0.504 e. The van der Waals surface area contributed by atoms with Gasteiger partial charge in [-0.05, 0) is 49.1 Å². The number of phenols is 1. The smallest absolute Gasteiger partial charge is 0.228 e. The second kappa shape index (κ2) is 10.6. The van der Waals surface area contributed by atoms with Crippen LogP contribution in [0.15, 0.2) is 42.5 Å². The van der Waals surface area contributed by atoms with Gasteiger partial charge in [-0.3, -0.25) is 4.90 Å². The van der Waals surface area contributed by atoms with Crippen molar-refractivity contribution in [3.8, 4) is 28.9 Å². The topological polar surface area (TPSA) is 80.2 Å². The zero-order valence-electron chi connectivity index (χ0n) is 21.2. The molecule has 2 aromatic carbocycles. The molecule has 0 bridgehead atoms. The van der Waals surface area contributed by atoms with E-state index in [4.69, 9.17) is 24.2 Å². The van der Waals surface area contributed by atoms with Gasteiger partial charge >= 0.3 is 0 Å². The van der Waals surface area contributed by atoms with Gasteiger partial charge < -0.3 is 24.2 Å². The lowest BCUT2D eigenvalue weighted by Crippen LogP contribution is -2.36. The molecule has 0 saturated carbocycles. The highest BCUT2D eigenvalue weighted by molar-refractivity contribution is 5.46. The van der Waals surface area contributed by atoms with E-state index in [9.17, 15) is 5.11 Å². The number of para-hydroxylation sites is 1. The number of phenolic OH excluding ortho intramolecular Hbond substituents is 1. The summed E-state index contributed by atoms with van der Waals surface area (Å²) in [5.74, 6) is 4.23. The summed E-state index contributed by atoms with van der Waals surface area (Å²) >= 11 is 0. The molecule has 8 nitrogen and oxygen atoms in total. The molecule has 1 saturated heterocycles. The Balaban J connectivity index is 1.44. The second-order valence-corrected chi connectivity index (χ2v) is 9.63. The number of aromatic nitrogens is 2. The first kappa shape index (κ1) is 24.2. The van der Waals surface area contributed by atoms with Crippen LogP contribution in [0.25, 0.3) is 0 Å². The fourth-order valence-corrected chi connectivity index (χ4v) is 4.85. The quantitative estimate of drug-likeness (QED) is 0.507. The van der Waals surface area contributed by atoms with E-state index in [2.05, 4.69) is 16.7 Å². The van der Waals surface area contributed by atoms with E-state index in [1.807, 2.05) is 36.4 Å². The van der Waals surface area contributed by atoms with Crippen LogP contribution in [0, 0.1) is 5.92 Å². The first-order valence-electron chi connectivity index (χ1n) is 12.6. The third-order valence-corrected chi connectivity index (χ3v) is 7.13. The van der Waals surface area contributed by atoms with Gasteiger partial charge in [-0.1, -0.05) is 19.1 Å². The van der Waals surface area contributed by atoms with Gasteiger partial charge in [0.2, 0.25) is 11.8 Å². The minimum absolute atomic E-state index is 0.187. The summed E-state index contributed by atoms with van der Waals surface area (Å²) in [4.78, 5) is 14.5. The van der Waals surface area contributed by atoms with Crippen molar-refractivity contribution >= 4 is 5.95 Å². The molecule has 0 radical (unpaired) electrons. The average molecular weight is 491 g/mol. The van der Waals surface area contributed by atoms with Crippen molar-refractivity contribution in [3.63, 3.8) is 0 Å². The number of rotatable bonds is 7. The van der Waals surface area contributed by atoms with E-state index in [0.29, 0.717) is 30.5 Å². The minimum Gasteiger partial charge on any atom is -0.504 e. The van der Waals surface area contributed by atoms with Crippen LogP contribution in [0.5, 0.6) is 28.9 Å². The van der Waals surface area contributed by atoms with Gasteiger partial charge in [-0.15, -0.1) is 0 Å². The van der Waals surface area contributed by atoms with Crippen LogP contribution in [-0.4, -0.2) is 53.8 Å². The first-order valence-corrected chi connectivity index (χ1v) is 12.6. The van der Waals surface area contributed by atoms with E-state index >= 15 is 0 Å². The molecule has 36 heavy (non-hydrogen) atoms. The number of nitrogens with zero attached hydrogens (tertiary/aromatic N) is 4. The Morgan fingerprint density at radius 1 is 0.944 bits per heavy atom. The van der Waals surface area contributed by atoms with Gasteiger partial charge in [0.1, 0.15) is 11.5 Å². The molecule has 8 heteroatoms. The Hall–Kier alpha value is -3.52. The Morgan fingerprint density at radius 3 is 2.42 bits per heavy atom. The third-order valence-electron chi connectivity index (χ3n) is 7.13. The zero-order chi connectivity index (χ0) is 25.1. The molecule has 0 atom stereocenters. The molecule has 0 amide bonds. The van der Waals surface area contributed by atoms with Crippen LogP contribution >= 0.6 is 0 Å². The van der Waals surface area contributed by atoms with Crippen LogP contribution in [0.2, 0.25) is 0 Å². The average Bonchev–Trinajstić information content (AvgIpc) is 2.91. The molecule has 0 spiro atoms. The maximum absolute atomic E-state index is 10.6. The number of benzene rings is 2. The molecular formula is C28H34N4O4. The molecule has 190 valence electrons. The van der Waals surface area contributed by atoms with Gasteiger partial charge in [0.25, 0.3) is 0 Å². The van der Waals surface area contributed by atoms with Crippen LogP contribution in [0.3, 0.4) is 0 Å². The molecule has 1 fully saturated rings. The molecule has 3 aromatic rings. The Labute approximate surface area is 212 Å². The van der Waals surface area contributed by atoms with Crippen molar-refractivity contribution in [3.05, 3.63) is 59.3 Å². The molecule has 1 aromatic heterocycles. The van der Waals surface area contributed by atoms with E-state index < -0.39 is 0 Å². The van der Waals surface area contributed by atoms with Gasteiger partial charge in [0.05, 0.1) is 25.5 Å². The van der Waals surface area contributed by atoms with Crippen molar-refractivity contribution in [2.45, 2.75) is 39.3 Å². The molecule has 1 N–H and O–H groups in total. The van der Waals surface area contributed by atoms with Gasteiger partial charge in [0, 0.05) is 44.7 Å². The number of anilines is 1. The third kappa shape index (κ3) is 5.18. The SMILES string of the molecule is COc1ccc(Oc2nc(N3CCC(C)CC3)nc3c2CN(Cc2cccc(OC)c2O)CC3)cc1. The van der Waals surface area contributed by atoms with E-state index in [-0.39, 0.29) is 5.75 Å². The number of fused-ring (bicyclic) bond motifs is 1. The first-order chi connectivity index (χ1) is 17.5. The predicted octanol–water partition coefficient (Wildman–Crippen LogP) is 4.79. The number of piperidine rings is 1. The summed E-state index contributed by atoms with van der Waals surface area (Å²) in [6.45, 7) is 6.29.